The first kappa shape index (κ1) is 24.4. The van der Waals surface area contributed by atoms with Crippen molar-refractivity contribution in [3.8, 4) is 5.75 Å². The smallest absolute Gasteiger partial charge is 0.323 e. The molecule has 0 radical (unpaired) electrons. The van der Waals surface area contributed by atoms with Gasteiger partial charge in [0.05, 0.1) is 10.0 Å². The fourth-order valence-corrected chi connectivity index (χ4v) is 4.84. The molecule has 3 aromatic rings. The molecular weight excluding hydrogens is 497 g/mol. The van der Waals surface area contributed by atoms with Crippen LogP contribution in [0.25, 0.3) is 0 Å². The molecule has 1 atom stereocenters. The number of carbonyl (C=O) groups is 2. The zero-order valence-corrected chi connectivity index (χ0v) is 20.6. The van der Waals surface area contributed by atoms with Crippen LogP contribution in [0.2, 0.25) is 15.1 Å². The summed E-state index contributed by atoms with van der Waals surface area (Å²) in [5, 5.41) is 10.9. The van der Waals surface area contributed by atoms with Gasteiger partial charge in [0.2, 0.25) is 0 Å². The Kier molecular flexibility index (Phi) is 7.08. The van der Waals surface area contributed by atoms with E-state index in [2.05, 4.69) is 0 Å². The zero-order chi connectivity index (χ0) is 24.5. The maximum Gasteiger partial charge on any atom is 0.323 e. The van der Waals surface area contributed by atoms with E-state index >= 15 is 0 Å². The number of rotatable bonds is 7. The standard InChI is InChI=1S/C26H22Cl3NO4/c1-26(12-18-5-3-7-21(28)24(18)29)13-19-11-17(8-9-22(19)34-26)25(33)30(15-23(31)32)14-16-4-2-6-20(27)10-16/h2-11H,12-15H2,1H3,(H,31,32). The Bertz CT molecular complexity index is 1260. The number of carbonyl (C=O) groups excluding carboxylic acids is 1. The number of amides is 1. The quantitative estimate of drug-likeness (QED) is 0.398. The summed E-state index contributed by atoms with van der Waals surface area (Å²) in [5.41, 5.74) is 2.35. The van der Waals surface area contributed by atoms with Crippen LogP contribution < -0.4 is 4.74 Å². The van der Waals surface area contributed by atoms with Crippen molar-refractivity contribution in [1.29, 1.82) is 0 Å². The van der Waals surface area contributed by atoms with Gasteiger partial charge in [-0.1, -0.05) is 59.1 Å². The Morgan fingerprint density at radius 3 is 2.56 bits per heavy atom. The third-order valence-electron chi connectivity index (χ3n) is 5.70. The van der Waals surface area contributed by atoms with Gasteiger partial charge in [0.1, 0.15) is 17.9 Å². The number of hydrogen-bond acceptors (Lipinski definition) is 3. The van der Waals surface area contributed by atoms with Crippen LogP contribution in [-0.4, -0.2) is 34.0 Å². The number of fused-ring (bicyclic) bond motifs is 1. The Hall–Kier alpha value is -2.73. The fourth-order valence-electron chi connectivity index (χ4n) is 4.24. The van der Waals surface area contributed by atoms with Crippen molar-refractivity contribution < 1.29 is 19.4 Å². The summed E-state index contributed by atoms with van der Waals surface area (Å²) in [7, 11) is 0. The van der Waals surface area contributed by atoms with Gasteiger partial charge in [0.25, 0.3) is 5.91 Å². The van der Waals surface area contributed by atoms with E-state index in [9.17, 15) is 14.7 Å². The second-order valence-corrected chi connectivity index (χ2v) is 9.85. The van der Waals surface area contributed by atoms with E-state index in [-0.39, 0.29) is 12.5 Å². The maximum atomic E-state index is 13.3. The van der Waals surface area contributed by atoms with Crippen LogP contribution in [0.3, 0.4) is 0 Å². The molecule has 34 heavy (non-hydrogen) atoms. The molecule has 0 aliphatic carbocycles. The molecule has 1 N–H and O–H groups in total. The number of halogens is 3. The first-order chi connectivity index (χ1) is 16.1. The number of benzene rings is 3. The highest BCUT2D eigenvalue weighted by Crippen LogP contribution is 2.39. The lowest BCUT2D eigenvalue weighted by Gasteiger charge is -2.24. The van der Waals surface area contributed by atoms with Gasteiger partial charge in [-0.25, -0.2) is 0 Å². The SMILES string of the molecule is CC1(Cc2cccc(Cl)c2Cl)Cc2cc(C(=O)N(CC(=O)O)Cc3cccc(Cl)c3)ccc2O1. The van der Waals surface area contributed by atoms with Gasteiger partial charge in [-0.15, -0.1) is 0 Å². The lowest BCUT2D eigenvalue weighted by Crippen LogP contribution is -2.35. The predicted octanol–water partition coefficient (Wildman–Crippen LogP) is 6.31. The normalized spacial score (nSPS) is 16.6. The summed E-state index contributed by atoms with van der Waals surface area (Å²) in [6.45, 7) is 1.69. The van der Waals surface area contributed by atoms with Crippen LogP contribution in [0, 0.1) is 0 Å². The topological polar surface area (TPSA) is 66.8 Å². The molecule has 0 aromatic heterocycles. The highest BCUT2D eigenvalue weighted by Gasteiger charge is 2.36. The van der Waals surface area contributed by atoms with Crippen molar-refractivity contribution in [1.82, 2.24) is 4.90 Å². The van der Waals surface area contributed by atoms with Crippen molar-refractivity contribution in [2.75, 3.05) is 6.54 Å². The van der Waals surface area contributed by atoms with Crippen molar-refractivity contribution >= 4 is 46.7 Å². The lowest BCUT2D eigenvalue weighted by molar-refractivity contribution is -0.137. The molecule has 176 valence electrons. The van der Waals surface area contributed by atoms with E-state index in [1.807, 2.05) is 19.1 Å². The van der Waals surface area contributed by atoms with Gasteiger partial charge in [0, 0.05) is 30.0 Å². The number of carboxylic acid groups (broad SMARTS) is 1. The largest absolute Gasteiger partial charge is 0.487 e. The summed E-state index contributed by atoms with van der Waals surface area (Å²) in [6, 6.07) is 17.7. The van der Waals surface area contributed by atoms with Gasteiger partial charge in [-0.3, -0.25) is 9.59 Å². The average Bonchev–Trinajstić information content (AvgIpc) is 3.10. The molecule has 1 aliphatic heterocycles. The predicted molar refractivity (Wildman–Crippen MR) is 133 cm³/mol. The van der Waals surface area contributed by atoms with Gasteiger partial charge < -0.3 is 14.7 Å². The van der Waals surface area contributed by atoms with Crippen LogP contribution in [0.1, 0.15) is 34.0 Å². The van der Waals surface area contributed by atoms with Gasteiger partial charge in [-0.05, 0) is 60.0 Å². The van der Waals surface area contributed by atoms with Gasteiger partial charge in [0.15, 0.2) is 0 Å². The van der Waals surface area contributed by atoms with E-state index in [0.29, 0.717) is 39.2 Å². The third-order valence-corrected chi connectivity index (χ3v) is 6.79. The molecule has 1 unspecified atom stereocenters. The van der Waals surface area contributed by atoms with E-state index in [4.69, 9.17) is 39.5 Å². The van der Waals surface area contributed by atoms with E-state index in [1.165, 1.54) is 4.90 Å². The molecule has 1 amide bonds. The second-order valence-electron chi connectivity index (χ2n) is 8.63. The Morgan fingerprint density at radius 2 is 1.82 bits per heavy atom. The zero-order valence-electron chi connectivity index (χ0n) is 18.4. The van der Waals surface area contributed by atoms with E-state index < -0.39 is 18.1 Å². The highest BCUT2D eigenvalue weighted by molar-refractivity contribution is 6.42. The van der Waals surface area contributed by atoms with Crippen LogP contribution in [0.15, 0.2) is 60.7 Å². The van der Waals surface area contributed by atoms with Crippen molar-refractivity contribution in [2.45, 2.75) is 31.9 Å². The molecule has 5 nitrogen and oxygen atoms in total. The monoisotopic (exact) mass is 517 g/mol. The lowest BCUT2D eigenvalue weighted by atomic mass is 9.91. The van der Waals surface area contributed by atoms with Gasteiger partial charge in [-0.2, -0.15) is 0 Å². The Labute approximate surface area is 212 Å². The molecule has 8 heteroatoms. The molecule has 4 rings (SSSR count). The van der Waals surface area contributed by atoms with Crippen molar-refractivity contribution in [3.63, 3.8) is 0 Å². The molecule has 0 bridgehead atoms. The minimum atomic E-state index is -1.09. The Morgan fingerprint density at radius 1 is 1.06 bits per heavy atom. The fraction of sp³-hybridized carbons (Fsp3) is 0.231. The summed E-state index contributed by atoms with van der Waals surface area (Å²) < 4.78 is 6.23. The molecule has 3 aromatic carbocycles. The third kappa shape index (κ3) is 5.49. The molecule has 0 spiro atoms. The first-order valence-corrected chi connectivity index (χ1v) is 11.8. The summed E-state index contributed by atoms with van der Waals surface area (Å²) in [5.74, 6) is -0.778. The maximum absolute atomic E-state index is 13.3. The van der Waals surface area contributed by atoms with Crippen LogP contribution >= 0.6 is 34.8 Å². The molecule has 0 fully saturated rings. The number of carboxylic acids is 1. The highest BCUT2D eigenvalue weighted by atomic mass is 35.5. The summed E-state index contributed by atoms with van der Waals surface area (Å²) in [4.78, 5) is 26.0. The molecular formula is C26H22Cl3NO4. The number of hydrogen-bond donors (Lipinski definition) is 1. The average molecular weight is 519 g/mol. The van der Waals surface area contributed by atoms with Crippen molar-refractivity contribution in [3.05, 3.63) is 98.0 Å². The second kappa shape index (κ2) is 9.87. The number of ether oxygens (including phenoxy) is 1. The first-order valence-electron chi connectivity index (χ1n) is 10.6. The minimum Gasteiger partial charge on any atom is -0.487 e. The van der Waals surface area contributed by atoms with Crippen LogP contribution in [-0.2, 0) is 24.2 Å². The molecule has 1 heterocycles. The number of aliphatic carboxylic acids is 1. The van der Waals surface area contributed by atoms with Crippen molar-refractivity contribution in [2.24, 2.45) is 0 Å². The van der Waals surface area contributed by atoms with E-state index in [1.54, 1.807) is 48.5 Å². The van der Waals surface area contributed by atoms with E-state index in [0.717, 1.165) is 16.7 Å². The molecule has 0 saturated heterocycles. The number of nitrogens with zero attached hydrogens (tertiary/aromatic N) is 1. The molecule has 1 aliphatic rings. The summed E-state index contributed by atoms with van der Waals surface area (Å²) in [6.07, 6.45) is 1.11. The van der Waals surface area contributed by atoms with Gasteiger partial charge >= 0.3 is 5.97 Å². The Balaban J connectivity index is 1.55. The minimum absolute atomic E-state index is 0.129. The van der Waals surface area contributed by atoms with Crippen LogP contribution in [0.4, 0.5) is 0 Å². The molecule has 0 saturated carbocycles. The summed E-state index contributed by atoms with van der Waals surface area (Å²) >= 11 is 18.6. The van der Waals surface area contributed by atoms with Crippen LogP contribution in [0.5, 0.6) is 5.75 Å².